The second-order valence-corrected chi connectivity index (χ2v) is 5.72. The number of aliphatic imine (C=N–C) groups is 1. The molecule has 1 unspecified atom stereocenters. The monoisotopic (exact) mass is 316 g/mol. The van der Waals surface area contributed by atoms with Crippen LogP contribution in [0.15, 0.2) is 28.4 Å². The number of rotatable bonds is 1. The van der Waals surface area contributed by atoms with E-state index in [-0.39, 0.29) is 16.4 Å². The van der Waals surface area contributed by atoms with Gasteiger partial charge in [0.1, 0.15) is 23.0 Å². The summed E-state index contributed by atoms with van der Waals surface area (Å²) in [6.45, 7) is 0. The first-order valence-electron chi connectivity index (χ1n) is 6.42. The van der Waals surface area contributed by atoms with Crippen molar-refractivity contribution in [1.82, 2.24) is 5.32 Å². The largest absolute Gasteiger partial charge is 0.343 e. The van der Waals surface area contributed by atoms with E-state index in [0.717, 1.165) is 49.1 Å². The number of allylic oxidation sites excluding steroid dienone is 1. The minimum Gasteiger partial charge on any atom is -0.343 e. The third-order valence-electron chi connectivity index (χ3n) is 3.57. The van der Waals surface area contributed by atoms with E-state index in [1.807, 2.05) is 0 Å². The number of amidine groups is 1. The van der Waals surface area contributed by atoms with E-state index in [9.17, 15) is 8.78 Å². The molecule has 1 aromatic rings. The van der Waals surface area contributed by atoms with Crippen LogP contribution >= 0.6 is 23.2 Å². The van der Waals surface area contributed by atoms with Gasteiger partial charge in [-0.3, -0.25) is 0 Å². The van der Waals surface area contributed by atoms with Gasteiger partial charge in [0.05, 0.1) is 10.6 Å². The Morgan fingerprint density at radius 2 is 1.90 bits per heavy atom. The Balaban J connectivity index is 1.98. The summed E-state index contributed by atoms with van der Waals surface area (Å²) in [7, 11) is 0. The van der Waals surface area contributed by atoms with E-state index in [4.69, 9.17) is 23.2 Å². The Morgan fingerprint density at radius 3 is 2.70 bits per heavy atom. The van der Waals surface area contributed by atoms with Crippen molar-refractivity contribution in [3.05, 3.63) is 45.6 Å². The molecule has 1 aliphatic carbocycles. The van der Waals surface area contributed by atoms with Gasteiger partial charge in [-0.15, -0.1) is 0 Å². The summed E-state index contributed by atoms with van der Waals surface area (Å²) >= 11 is 11.8. The molecule has 1 N–H and O–H groups in total. The average Bonchev–Trinajstić information content (AvgIpc) is 2.43. The lowest BCUT2D eigenvalue weighted by molar-refractivity contribution is 0.594. The van der Waals surface area contributed by atoms with Crippen LogP contribution in [0.3, 0.4) is 0 Å². The highest BCUT2D eigenvalue weighted by molar-refractivity contribution is 6.31. The molecule has 2 nitrogen and oxygen atoms in total. The molecule has 0 saturated carbocycles. The van der Waals surface area contributed by atoms with Crippen LogP contribution in [-0.2, 0) is 0 Å². The van der Waals surface area contributed by atoms with Crippen LogP contribution in [-0.4, -0.2) is 11.3 Å². The Labute approximate surface area is 125 Å². The highest BCUT2D eigenvalue weighted by Gasteiger charge is 2.26. The first-order valence-corrected chi connectivity index (χ1v) is 7.23. The summed E-state index contributed by atoms with van der Waals surface area (Å²) in [5, 5.41) is 2.84. The quantitative estimate of drug-likeness (QED) is 0.464. The third kappa shape index (κ3) is 2.42. The second kappa shape index (κ2) is 5.34. The lowest BCUT2D eigenvalue weighted by Crippen LogP contribution is -2.34. The highest BCUT2D eigenvalue weighted by atomic mass is 35.5. The maximum Gasteiger partial charge on any atom is 0.149 e. The molecule has 106 valence electrons. The molecule has 0 radical (unpaired) electrons. The SMILES string of the molecule is Fc1cc(C2=NC(Cl)C3=C(CCCC3)N2)c(F)cc1Cl. The molecular formula is C14H12Cl2F2N2. The zero-order chi connectivity index (χ0) is 14.3. The van der Waals surface area contributed by atoms with Crippen LogP contribution in [0.4, 0.5) is 8.78 Å². The number of alkyl halides is 1. The van der Waals surface area contributed by atoms with E-state index in [2.05, 4.69) is 10.3 Å². The fourth-order valence-corrected chi connectivity index (χ4v) is 3.03. The number of nitrogens with one attached hydrogen (secondary N) is 1. The average molecular weight is 317 g/mol. The van der Waals surface area contributed by atoms with Crippen molar-refractivity contribution in [3.63, 3.8) is 0 Å². The molecule has 1 atom stereocenters. The second-order valence-electron chi connectivity index (χ2n) is 4.90. The fraction of sp³-hybridized carbons (Fsp3) is 0.357. The highest BCUT2D eigenvalue weighted by Crippen LogP contribution is 2.32. The van der Waals surface area contributed by atoms with E-state index in [0.29, 0.717) is 0 Å². The Morgan fingerprint density at radius 1 is 1.15 bits per heavy atom. The van der Waals surface area contributed by atoms with Crippen molar-refractivity contribution in [3.8, 4) is 0 Å². The van der Waals surface area contributed by atoms with Crippen molar-refractivity contribution >= 4 is 29.0 Å². The molecule has 20 heavy (non-hydrogen) atoms. The van der Waals surface area contributed by atoms with Gasteiger partial charge in [0.25, 0.3) is 0 Å². The fourth-order valence-electron chi connectivity index (χ4n) is 2.54. The summed E-state index contributed by atoms with van der Waals surface area (Å²) in [6, 6.07) is 1.99. The number of hydrogen-bond donors (Lipinski definition) is 1. The number of benzene rings is 1. The molecule has 0 bridgehead atoms. The van der Waals surface area contributed by atoms with Crippen LogP contribution in [0, 0.1) is 11.6 Å². The summed E-state index contributed by atoms with van der Waals surface area (Å²) < 4.78 is 27.5. The van der Waals surface area contributed by atoms with Crippen molar-refractivity contribution in [2.45, 2.75) is 31.2 Å². The van der Waals surface area contributed by atoms with Gasteiger partial charge in [0.15, 0.2) is 0 Å². The smallest absolute Gasteiger partial charge is 0.149 e. The zero-order valence-corrected chi connectivity index (χ0v) is 12.0. The molecule has 1 aromatic carbocycles. The molecule has 1 heterocycles. The Hall–Kier alpha value is -1.13. The predicted octanol–water partition coefficient (Wildman–Crippen LogP) is 4.36. The van der Waals surface area contributed by atoms with E-state index in [1.54, 1.807) is 0 Å². The maximum atomic E-state index is 13.9. The van der Waals surface area contributed by atoms with Crippen molar-refractivity contribution in [2.75, 3.05) is 0 Å². The number of halogens is 4. The Kier molecular flexibility index (Phi) is 3.69. The van der Waals surface area contributed by atoms with Crippen LogP contribution in [0.2, 0.25) is 5.02 Å². The normalized spacial score (nSPS) is 22.2. The molecule has 0 saturated heterocycles. The van der Waals surface area contributed by atoms with Gasteiger partial charge in [-0.2, -0.15) is 0 Å². The van der Waals surface area contributed by atoms with E-state index in [1.165, 1.54) is 0 Å². The maximum absolute atomic E-state index is 13.9. The predicted molar refractivity (Wildman–Crippen MR) is 76.2 cm³/mol. The summed E-state index contributed by atoms with van der Waals surface area (Å²) in [4.78, 5) is 4.23. The van der Waals surface area contributed by atoms with Gasteiger partial charge in [-0.05, 0) is 43.4 Å². The minimum atomic E-state index is -0.679. The molecular weight excluding hydrogens is 305 g/mol. The van der Waals surface area contributed by atoms with Crippen molar-refractivity contribution < 1.29 is 8.78 Å². The van der Waals surface area contributed by atoms with Gasteiger partial charge in [-0.25, -0.2) is 13.8 Å². The van der Waals surface area contributed by atoms with Crippen LogP contribution in [0.5, 0.6) is 0 Å². The first-order chi connectivity index (χ1) is 9.56. The molecule has 6 heteroatoms. The van der Waals surface area contributed by atoms with Crippen LogP contribution < -0.4 is 5.32 Å². The molecule has 0 aromatic heterocycles. The summed E-state index contributed by atoms with van der Waals surface area (Å²) in [5.74, 6) is -1.03. The molecule has 3 rings (SSSR count). The minimum absolute atomic E-state index is 0.0506. The molecule has 0 fully saturated rings. The summed E-state index contributed by atoms with van der Waals surface area (Å²) in [5.41, 5.74) is 1.57. The van der Waals surface area contributed by atoms with Gasteiger partial charge < -0.3 is 5.32 Å². The number of hydrogen-bond acceptors (Lipinski definition) is 2. The molecule has 0 amide bonds. The lowest BCUT2D eigenvalue weighted by Gasteiger charge is -2.28. The van der Waals surface area contributed by atoms with Gasteiger partial charge >= 0.3 is 0 Å². The van der Waals surface area contributed by atoms with E-state index >= 15 is 0 Å². The van der Waals surface area contributed by atoms with Gasteiger partial charge in [0, 0.05) is 5.70 Å². The lowest BCUT2D eigenvalue weighted by atomic mass is 9.94. The zero-order valence-electron chi connectivity index (χ0n) is 10.5. The first kappa shape index (κ1) is 13.8. The molecule has 2 aliphatic rings. The van der Waals surface area contributed by atoms with Gasteiger partial charge in [0.2, 0.25) is 0 Å². The third-order valence-corrected chi connectivity index (χ3v) is 4.23. The van der Waals surface area contributed by atoms with Gasteiger partial charge in [-0.1, -0.05) is 23.2 Å². The van der Waals surface area contributed by atoms with Crippen LogP contribution in [0.25, 0.3) is 0 Å². The van der Waals surface area contributed by atoms with Crippen LogP contribution in [0.1, 0.15) is 31.2 Å². The van der Waals surface area contributed by atoms with E-state index < -0.39 is 17.1 Å². The van der Waals surface area contributed by atoms with Crippen molar-refractivity contribution in [1.29, 1.82) is 0 Å². The Bertz CT molecular complexity index is 626. The topological polar surface area (TPSA) is 24.4 Å². The summed E-state index contributed by atoms with van der Waals surface area (Å²) in [6.07, 6.45) is 3.89. The molecule has 0 spiro atoms. The molecule has 1 aliphatic heterocycles. The standard InChI is InChI=1S/C14H12Cl2F2N2/c15-9-6-10(17)8(5-11(9)18)14-19-12-4-2-1-3-7(12)13(16)20-14/h5-6,13H,1-4H2,(H,19,20). The van der Waals surface area contributed by atoms with Crippen molar-refractivity contribution in [2.24, 2.45) is 4.99 Å². The number of nitrogens with zero attached hydrogens (tertiary/aromatic N) is 1.